The van der Waals surface area contributed by atoms with Crippen molar-refractivity contribution in [2.24, 2.45) is 5.41 Å². The van der Waals surface area contributed by atoms with Gasteiger partial charge in [0.2, 0.25) is 5.91 Å². The average molecular weight is 326 g/mol. The average Bonchev–Trinajstić information content (AvgIpc) is 2.81. The molecule has 1 unspecified atom stereocenters. The van der Waals surface area contributed by atoms with E-state index in [4.69, 9.17) is 0 Å². The van der Waals surface area contributed by atoms with E-state index in [-0.39, 0.29) is 11.8 Å². The van der Waals surface area contributed by atoms with Gasteiger partial charge in [-0.1, -0.05) is 0 Å². The maximum Gasteiger partial charge on any atom is 0.254 e. The molecule has 0 radical (unpaired) electrons. The number of nitrogens with zero attached hydrogens (tertiary/aromatic N) is 2. The smallest absolute Gasteiger partial charge is 0.254 e. The minimum absolute atomic E-state index is 0.0151. The summed E-state index contributed by atoms with van der Waals surface area (Å²) in [5.41, 5.74) is 0.0947. The van der Waals surface area contributed by atoms with E-state index in [0.717, 1.165) is 0 Å². The zero-order chi connectivity index (χ0) is 14.0. The third-order valence-electron chi connectivity index (χ3n) is 3.51. The molecule has 2 heterocycles. The van der Waals surface area contributed by atoms with Crippen molar-refractivity contribution in [2.75, 3.05) is 20.1 Å². The summed E-state index contributed by atoms with van der Waals surface area (Å²) >= 11 is 3.25. The summed E-state index contributed by atoms with van der Waals surface area (Å²) in [4.78, 5) is 29.9. The molecule has 1 aliphatic rings. The van der Waals surface area contributed by atoms with E-state index in [0.29, 0.717) is 29.7 Å². The van der Waals surface area contributed by atoms with Crippen LogP contribution in [0.3, 0.4) is 0 Å². The van der Waals surface area contributed by atoms with Crippen LogP contribution in [0.2, 0.25) is 0 Å². The lowest BCUT2D eigenvalue weighted by molar-refractivity contribution is -0.128. The maximum atomic E-state index is 12.3. The molecule has 1 saturated heterocycles. The van der Waals surface area contributed by atoms with Crippen molar-refractivity contribution >= 4 is 27.7 Å². The van der Waals surface area contributed by atoms with Gasteiger partial charge in [-0.05, 0) is 41.4 Å². The van der Waals surface area contributed by atoms with Gasteiger partial charge in [-0.15, -0.1) is 0 Å². The van der Waals surface area contributed by atoms with Crippen LogP contribution in [-0.4, -0.2) is 41.8 Å². The molecule has 1 aliphatic heterocycles. The van der Waals surface area contributed by atoms with E-state index in [1.165, 1.54) is 0 Å². The lowest BCUT2D eigenvalue weighted by Crippen LogP contribution is -2.40. The van der Waals surface area contributed by atoms with Gasteiger partial charge >= 0.3 is 0 Å². The first kappa shape index (κ1) is 14.0. The van der Waals surface area contributed by atoms with Gasteiger partial charge < -0.3 is 10.2 Å². The Bertz CT molecular complexity index is 520. The van der Waals surface area contributed by atoms with Crippen LogP contribution in [0.4, 0.5) is 0 Å². The number of pyridine rings is 1. The van der Waals surface area contributed by atoms with Crippen LogP contribution < -0.4 is 5.32 Å². The monoisotopic (exact) mass is 325 g/mol. The fourth-order valence-electron chi connectivity index (χ4n) is 2.34. The minimum atomic E-state index is -0.491. The number of aromatic nitrogens is 1. The Kier molecular flexibility index (Phi) is 3.89. The second kappa shape index (κ2) is 5.28. The number of halogens is 1. The van der Waals surface area contributed by atoms with E-state index in [1.54, 1.807) is 30.3 Å². The molecule has 1 N–H and O–H groups in total. The van der Waals surface area contributed by atoms with E-state index >= 15 is 0 Å². The van der Waals surface area contributed by atoms with Crippen LogP contribution in [0.1, 0.15) is 23.7 Å². The zero-order valence-electron chi connectivity index (χ0n) is 10.9. The molecule has 0 aromatic carbocycles. The van der Waals surface area contributed by atoms with Crippen molar-refractivity contribution in [3.8, 4) is 0 Å². The minimum Gasteiger partial charge on any atom is -0.359 e. The number of hydrogen-bond acceptors (Lipinski definition) is 3. The predicted molar refractivity (Wildman–Crippen MR) is 74.6 cm³/mol. The van der Waals surface area contributed by atoms with Crippen LogP contribution in [-0.2, 0) is 4.79 Å². The largest absolute Gasteiger partial charge is 0.359 e. The van der Waals surface area contributed by atoms with Gasteiger partial charge in [0.05, 0.1) is 5.41 Å². The summed E-state index contributed by atoms with van der Waals surface area (Å²) in [6.07, 6.45) is 2.27. The molecule has 102 valence electrons. The quantitative estimate of drug-likeness (QED) is 0.837. The number of likely N-dealkylation sites (tertiary alicyclic amines) is 1. The van der Waals surface area contributed by atoms with Crippen LogP contribution in [0.5, 0.6) is 0 Å². The topological polar surface area (TPSA) is 62.3 Å². The molecule has 1 fully saturated rings. The van der Waals surface area contributed by atoms with Gasteiger partial charge in [-0.2, -0.15) is 0 Å². The van der Waals surface area contributed by atoms with Gasteiger partial charge in [-0.25, -0.2) is 4.98 Å². The third kappa shape index (κ3) is 2.78. The molecule has 5 nitrogen and oxygen atoms in total. The summed E-state index contributed by atoms with van der Waals surface area (Å²) < 4.78 is 0.631. The van der Waals surface area contributed by atoms with Crippen molar-refractivity contribution in [1.29, 1.82) is 0 Å². The van der Waals surface area contributed by atoms with Gasteiger partial charge in [0.1, 0.15) is 4.60 Å². The van der Waals surface area contributed by atoms with Crippen molar-refractivity contribution in [3.05, 3.63) is 28.5 Å². The molecule has 6 heteroatoms. The Hall–Kier alpha value is -1.43. The summed E-state index contributed by atoms with van der Waals surface area (Å²) in [6.45, 7) is 2.94. The highest BCUT2D eigenvalue weighted by Crippen LogP contribution is 2.31. The van der Waals surface area contributed by atoms with E-state index in [1.807, 2.05) is 6.92 Å². The van der Waals surface area contributed by atoms with Crippen molar-refractivity contribution in [3.63, 3.8) is 0 Å². The normalized spacial score (nSPS) is 22.4. The van der Waals surface area contributed by atoms with Crippen molar-refractivity contribution in [2.45, 2.75) is 13.3 Å². The Morgan fingerprint density at radius 3 is 2.89 bits per heavy atom. The van der Waals surface area contributed by atoms with Crippen LogP contribution >= 0.6 is 15.9 Å². The molecule has 2 rings (SSSR count). The Labute approximate surface area is 120 Å². The molecule has 0 spiro atoms. The second-order valence-electron chi connectivity index (χ2n) is 4.98. The maximum absolute atomic E-state index is 12.3. The van der Waals surface area contributed by atoms with Gasteiger partial charge in [0, 0.05) is 31.9 Å². The Morgan fingerprint density at radius 2 is 2.26 bits per heavy atom. The Balaban J connectivity index is 2.13. The van der Waals surface area contributed by atoms with Gasteiger partial charge in [0.25, 0.3) is 5.91 Å². The fourth-order valence-corrected chi connectivity index (χ4v) is 2.70. The fraction of sp³-hybridized carbons (Fsp3) is 0.462. The number of nitrogens with one attached hydrogen (secondary N) is 1. The first-order valence-corrected chi connectivity index (χ1v) is 6.88. The summed E-state index contributed by atoms with van der Waals surface area (Å²) in [6, 6.07) is 3.38. The highest BCUT2D eigenvalue weighted by molar-refractivity contribution is 9.10. The van der Waals surface area contributed by atoms with E-state index < -0.39 is 5.41 Å². The summed E-state index contributed by atoms with van der Waals surface area (Å²) in [7, 11) is 1.62. The molecule has 1 aromatic heterocycles. The van der Waals surface area contributed by atoms with Gasteiger partial charge in [0.15, 0.2) is 0 Å². The second-order valence-corrected chi connectivity index (χ2v) is 5.80. The SMILES string of the molecule is CNC(=O)C1(C)CCN(C(=O)c2ccnc(Br)c2)C1. The number of amides is 2. The van der Waals surface area contributed by atoms with Crippen LogP contribution in [0, 0.1) is 5.41 Å². The van der Waals surface area contributed by atoms with Crippen LogP contribution in [0.15, 0.2) is 22.9 Å². The third-order valence-corrected chi connectivity index (χ3v) is 3.94. The molecule has 1 aromatic rings. The number of hydrogen-bond donors (Lipinski definition) is 1. The highest BCUT2D eigenvalue weighted by Gasteiger charge is 2.41. The molecular weight excluding hydrogens is 310 g/mol. The molecule has 19 heavy (non-hydrogen) atoms. The predicted octanol–water partition coefficient (Wildman–Crippen LogP) is 1.44. The number of carbonyl (C=O) groups excluding carboxylic acids is 2. The number of rotatable bonds is 2. The van der Waals surface area contributed by atoms with Crippen molar-refractivity contribution < 1.29 is 9.59 Å². The Morgan fingerprint density at radius 1 is 1.53 bits per heavy atom. The summed E-state index contributed by atoms with van der Waals surface area (Å²) in [5, 5.41) is 2.66. The molecule has 0 bridgehead atoms. The first-order chi connectivity index (χ1) is 8.96. The van der Waals surface area contributed by atoms with E-state index in [9.17, 15) is 9.59 Å². The molecule has 0 saturated carbocycles. The van der Waals surface area contributed by atoms with Crippen molar-refractivity contribution in [1.82, 2.24) is 15.2 Å². The van der Waals surface area contributed by atoms with E-state index in [2.05, 4.69) is 26.2 Å². The lowest BCUT2D eigenvalue weighted by atomic mass is 9.89. The molecule has 0 aliphatic carbocycles. The highest BCUT2D eigenvalue weighted by atomic mass is 79.9. The number of carbonyl (C=O) groups is 2. The lowest BCUT2D eigenvalue weighted by Gasteiger charge is -2.22. The zero-order valence-corrected chi connectivity index (χ0v) is 12.5. The van der Waals surface area contributed by atoms with Crippen LogP contribution in [0.25, 0.3) is 0 Å². The van der Waals surface area contributed by atoms with Gasteiger partial charge in [-0.3, -0.25) is 9.59 Å². The molecule has 2 amide bonds. The molecule has 1 atom stereocenters. The standard InChI is InChI=1S/C13H16BrN3O2/c1-13(12(19)15-2)4-6-17(8-13)11(18)9-3-5-16-10(14)7-9/h3,5,7H,4,6,8H2,1-2H3,(H,15,19). The summed E-state index contributed by atoms with van der Waals surface area (Å²) in [5.74, 6) is -0.0746. The molecular formula is C13H16BrN3O2. The first-order valence-electron chi connectivity index (χ1n) is 6.09.